The number of nitrogens with zero attached hydrogens (tertiary/aromatic N) is 2. The van der Waals surface area contributed by atoms with Crippen molar-refractivity contribution in [1.29, 1.82) is 0 Å². The fraction of sp³-hybridized carbons (Fsp3) is 0.700. The highest BCUT2D eigenvalue weighted by atomic mass is 35.5. The van der Waals surface area contributed by atoms with Gasteiger partial charge >= 0.3 is 0 Å². The van der Waals surface area contributed by atoms with Gasteiger partial charge in [0, 0.05) is 24.5 Å². The lowest BCUT2D eigenvalue weighted by atomic mass is 9.94. The Bertz CT molecular complexity index is 340. The minimum Gasteiger partial charge on any atom is -0.346 e. The summed E-state index contributed by atoms with van der Waals surface area (Å²) in [5.74, 6) is 0.807. The largest absolute Gasteiger partial charge is 0.346 e. The number of anilines is 1. The molecule has 5 heteroatoms. The fourth-order valence-corrected chi connectivity index (χ4v) is 3.56. The number of piperidine rings is 1. The fourth-order valence-electron chi connectivity index (χ4n) is 2.59. The predicted molar refractivity (Wildman–Crippen MR) is 63.9 cm³/mol. The summed E-state index contributed by atoms with van der Waals surface area (Å²) in [5, 5.41) is 7.20. The zero-order valence-corrected chi connectivity index (χ0v) is 10.0. The lowest BCUT2D eigenvalue weighted by Crippen LogP contribution is -2.40. The van der Waals surface area contributed by atoms with Crippen LogP contribution in [0.5, 0.6) is 0 Å². The summed E-state index contributed by atoms with van der Waals surface area (Å²) in [6, 6.07) is 0.668. The van der Waals surface area contributed by atoms with Crippen molar-refractivity contribution >= 4 is 28.1 Å². The molecular weight excluding hydrogens is 230 g/mol. The molecule has 1 N–H and O–H groups in total. The van der Waals surface area contributed by atoms with Crippen molar-refractivity contribution in [3.8, 4) is 0 Å². The molecule has 0 amide bonds. The van der Waals surface area contributed by atoms with Crippen molar-refractivity contribution in [1.82, 2.24) is 10.3 Å². The Morgan fingerprint density at radius 3 is 3.20 bits per heavy atom. The number of halogens is 1. The van der Waals surface area contributed by atoms with Crippen LogP contribution in [-0.2, 0) is 0 Å². The molecular formula is C10H14ClN3S. The van der Waals surface area contributed by atoms with Crippen molar-refractivity contribution in [2.45, 2.75) is 18.9 Å². The van der Waals surface area contributed by atoms with E-state index < -0.39 is 0 Å². The van der Waals surface area contributed by atoms with Crippen LogP contribution in [0, 0.1) is 5.92 Å². The average molecular weight is 244 g/mol. The molecule has 3 rings (SSSR count). The van der Waals surface area contributed by atoms with E-state index >= 15 is 0 Å². The number of hydrogen-bond acceptors (Lipinski definition) is 4. The summed E-state index contributed by atoms with van der Waals surface area (Å²) in [6.45, 7) is 3.41. The molecule has 3 heterocycles. The van der Waals surface area contributed by atoms with Crippen molar-refractivity contribution in [2.75, 3.05) is 24.5 Å². The zero-order chi connectivity index (χ0) is 10.3. The molecule has 1 aromatic rings. The Balaban J connectivity index is 1.74. The average Bonchev–Trinajstić information content (AvgIpc) is 2.82. The lowest BCUT2D eigenvalue weighted by Gasteiger charge is -2.24. The van der Waals surface area contributed by atoms with Gasteiger partial charge in [-0.2, -0.15) is 0 Å². The van der Waals surface area contributed by atoms with Gasteiger partial charge in [-0.25, -0.2) is 4.98 Å². The van der Waals surface area contributed by atoms with E-state index in [1.54, 1.807) is 11.3 Å². The first-order valence-electron chi connectivity index (χ1n) is 5.42. The molecule has 2 aliphatic rings. The van der Waals surface area contributed by atoms with E-state index in [4.69, 9.17) is 11.6 Å². The summed E-state index contributed by atoms with van der Waals surface area (Å²) in [7, 11) is 0. The van der Waals surface area contributed by atoms with Gasteiger partial charge in [0.1, 0.15) is 5.15 Å². The molecule has 82 valence electrons. The topological polar surface area (TPSA) is 28.2 Å². The molecule has 2 saturated heterocycles. The van der Waals surface area contributed by atoms with Crippen molar-refractivity contribution in [3.63, 3.8) is 0 Å². The number of hydrogen-bond donors (Lipinski definition) is 1. The van der Waals surface area contributed by atoms with Crippen LogP contribution in [0.15, 0.2) is 5.38 Å². The van der Waals surface area contributed by atoms with Crippen molar-refractivity contribution < 1.29 is 0 Å². The van der Waals surface area contributed by atoms with E-state index in [1.807, 2.05) is 5.38 Å². The number of rotatable bonds is 1. The minimum absolute atomic E-state index is 0.623. The Morgan fingerprint density at radius 2 is 2.47 bits per heavy atom. The van der Waals surface area contributed by atoms with E-state index in [9.17, 15) is 0 Å². The molecule has 0 spiro atoms. The molecule has 0 saturated carbocycles. The third-order valence-electron chi connectivity index (χ3n) is 3.33. The molecule has 0 bridgehead atoms. The van der Waals surface area contributed by atoms with Crippen LogP contribution in [0.4, 0.5) is 5.13 Å². The monoisotopic (exact) mass is 243 g/mol. The van der Waals surface area contributed by atoms with E-state index in [1.165, 1.54) is 19.4 Å². The van der Waals surface area contributed by atoms with Gasteiger partial charge in [-0.1, -0.05) is 11.6 Å². The Labute approximate surface area is 98.4 Å². The van der Waals surface area contributed by atoms with Gasteiger partial charge in [-0.3, -0.25) is 0 Å². The first-order valence-corrected chi connectivity index (χ1v) is 6.68. The molecule has 15 heavy (non-hydrogen) atoms. The first kappa shape index (κ1) is 9.87. The molecule has 2 aliphatic heterocycles. The quantitative estimate of drug-likeness (QED) is 0.818. The summed E-state index contributed by atoms with van der Waals surface area (Å²) in [5.41, 5.74) is 0. The maximum Gasteiger partial charge on any atom is 0.186 e. The van der Waals surface area contributed by atoms with Crippen LogP contribution in [0.1, 0.15) is 12.8 Å². The highest BCUT2D eigenvalue weighted by molar-refractivity contribution is 7.14. The van der Waals surface area contributed by atoms with Gasteiger partial charge in [0.25, 0.3) is 0 Å². The number of nitrogens with one attached hydrogen (secondary N) is 1. The van der Waals surface area contributed by atoms with Crippen LogP contribution in [0.2, 0.25) is 5.15 Å². The van der Waals surface area contributed by atoms with Crippen molar-refractivity contribution in [3.05, 3.63) is 10.5 Å². The normalized spacial score (nSPS) is 30.6. The van der Waals surface area contributed by atoms with Crippen molar-refractivity contribution in [2.24, 2.45) is 5.92 Å². The number of thiazole rings is 1. The van der Waals surface area contributed by atoms with Crippen LogP contribution in [-0.4, -0.2) is 30.7 Å². The van der Waals surface area contributed by atoms with Crippen LogP contribution >= 0.6 is 22.9 Å². The molecule has 2 atom stereocenters. The van der Waals surface area contributed by atoms with Crippen LogP contribution < -0.4 is 10.2 Å². The van der Waals surface area contributed by atoms with Gasteiger partial charge in [-0.05, 0) is 25.3 Å². The smallest absolute Gasteiger partial charge is 0.186 e. The molecule has 0 aliphatic carbocycles. The highest BCUT2D eigenvalue weighted by Crippen LogP contribution is 2.31. The number of fused-ring (bicyclic) bond motifs is 1. The maximum absolute atomic E-state index is 5.85. The van der Waals surface area contributed by atoms with Gasteiger partial charge < -0.3 is 10.2 Å². The number of aromatic nitrogens is 1. The standard InChI is InChI=1S/C10H14ClN3S/c11-9-6-15-10(13-9)14-4-7-2-1-3-12-8(7)5-14/h6-8,12H,1-5H2/t7-,8+/m0/s1. The molecule has 2 fully saturated rings. The van der Waals surface area contributed by atoms with Gasteiger partial charge in [-0.15, -0.1) is 11.3 Å². The first-order chi connectivity index (χ1) is 7.33. The highest BCUT2D eigenvalue weighted by Gasteiger charge is 2.35. The third-order valence-corrected chi connectivity index (χ3v) is 4.56. The maximum atomic E-state index is 5.85. The second kappa shape index (κ2) is 3.92. The molecule has 3 nitrogen and oxygen atoms in total. The minimum atomic E-state index is 0.623. The Kier molecular flexibility index (Phi) is 2.58. The van der Waals surface area contributed by atoms with Gasteiger partial charge in [0.15, 0.2) is 5.13 Å². The summed E-state index contributed by atoms with van der Waals surface area (Å²) >= 11 is 7.50. The predicted octanol–water partition coefficient (Wildman–Crippen LogP) is 1.98. The molecule has 0 aromatic carbocycles. The van der Waals surface area contributed by atoms with E-state index in [0.29, 0.717) is 11.2 Å². The Hall–Kier alpha value is -0.320. The van der Waals surface area contributed by atoms with Gasteiger partial charge in [0.05, 0.1) is 0 Å². The third kappa shape index (κ3) is 1.86. The lowest BCUT2D eigenvalue weighted by molar-refractivity contribution is 0.340. The van der Waals surface area contributed by atoms with E-state index in [2.05, 4.69) is 15.2 Å². The summed E-state index contributed by atoms with van der Waals surface area (Å²) < 4.78 is 0. The van der Waals surface area contributed by atoms with E-state index in [-0.39, 0.29) is 0 Å². The van der Waals surface area contributed by atoms with Gasteiger partial charge in [0.2, 0.25) is 0 Å². The molecule has 0 radical (unpaired) electrons. The Morgan fingerprint density at radius 1 is 1.53 bits per heavy atom. The molecule has 0 unspecified atom stereocenters. The van der Waals surface area contributed by atoms with Crippen LogP contribution in [0.25, 0.3) is 0 Å². The second-order valence-corrected chi connectivity index (χ2v) is 5.54. The summed E-state index contributed by atoms with van der Waals surface area (Å²) in [6.07, 6.45) is 2.67. The SMILES string of the molecule is Clc1csc(N2C[C@@H]3CCCN[C@@H]3C2)n1. The zero-order valence-electron chi connectivity index (χ0n) is 8.45. The molecule has 1 aromatic heterocycles. The van der Waals surface area contributed by atoms with E-state index in [0.717, 1.165) is 24.1 Å². The second-order valence-electron chi connectivity index (χ2n) is 4.32. The van der Waals surface area contributed by atoms with Crippen LogP contribution in [0.3, 0.4) is 0 Å². The summed E-state index contributed by atoms with van der Waals surface area (Å²) in [4.78, 5) is 6.70.